The zero-order valence-corrected chi connectivity index (χ0v) is 7.26. The minimum Gasteiger partial charge on any atom is -0.310 e. The Kier molecular flexibility index (Phi) is 2.15. The molecule has 62 valence electrons. The van der Waals surface area contributed by atoms with Crippen molar-refractivity contribution in [1.29, 1.82) is 0 Å². The highest BCUT2D eigenvalue weighted by molar-refractivity contribution is 7.94. The second-order valence-electron chi connectivity index (χ2n) is 2.64. The number of carbonyl (C=O) groups is 1. The van der Waals surface area contributed by atoms with Gasteiger partial charge in [-0.15, -0.1) is 0 Å². The molecule has 0 N–H and O–H groups in total. The fourth-order valence-electron chi connectivity index (χ4n) is 1.21. The van der Waals surface area contributed by atoms with Crippen LogP contribution >= 0.6 is 12.0 Å². The summed E-state index contributed by atoms with van der Waals surface area (Å²) in [6, 6.07) is 5.67. The molecule has 0 aliphatic carbocycles. The summed E-state index contributed by atoms with van der Waals surface area (Å²) < 4.78 is 5.20. The van der Waals surface area contributed by atoms with Gasteiger partial charge in [-0.2, -0.15) is 0 Å². The van der Waals surface area contributed by atoms with Crippen molar-refractivity contribution in [3.05, 3.63) is 29.3 Å². The molecule has 1 aromatic rings. The van der Waals surface area contributed by atoms with Crippen molar-refractivity contribution in [2.75, 3.05) is 6.61 Å². The van der Waals surface area contributed by atoms with E-state index in [1.165, 1.54) is 17.6 Å². The predicted molar refractivity (Wildman–Crippen MR) is 47.3 cm³/mol. The average Bonchev–Trinajstić information content (AvgIpc) is 2.17. The Morgan fingerprint density at radius 1 is 1.50 bits per heavy atom. The van der Waals surface area contributed by atoms with E-state index in [2.05, 4.69) is 0 Å². The summed E-state index contributed by atoms with van der Waals surface area (Å²) in [4.78, 5) is 11.6. The molecule has 0 unspecified atom stereocenters. The average molecular weight is 180 g/mol. The summed E-state index contributed by atoms with van der Waals surface area (Å²) in [6.07, 6.45) is 1.78. The van der Waals surface area contributed by atoms with E-state index in [1.807, 2.05) is 18.2 Å². The second-order valence-corrected chi connectivity index (χ2v) is 3.48. The minimum absolute atomic E-state index is 0.736. The lowest BCUT2D eigenvalue weighted by molar-refractivity contribution is 0.112. The highest BCUT2D eigenvalue weighted by atomic mass is 32.2. The van der Waals surface area contributed by atoms with E-state index in [0.29, 0.717) is 0 Å². The lowest BCUT2D eigenvalue weighted by Gasteiger charge is -2.14. The molecule has 2 nitrogen and oxygen atoms in total. The first-order valence-electron chi connectivity index (χ1n) is 3.78. The summed E-state index contributed by atoms with van der Waals surface area (Å²) in [5.74, 6) is 0. The van der Waals surface area contributed by atoms with Crippen molar-refractivity contribution in [3.63, 3.8) is 0 Å². The van der Waals surface area contributed by atoms with E-state index in [1.54, 1.807) is 0 Å². The molecule has 0 aromatic heterocycles. The molecule has 0 amide bonds. The van der Waals surface area contributed by atoms with Gasteiger partial charge in [-0.05, 0) is 24.1 Å². The van der Waals surface area contributed by atoms with Crippen molar-refractivity contribution < 1.29 is 8.98 Å². The van der Waals surface area contributed by atoms with Crippen LogP contribution in [0.5, 0.6) is 0 Å². The first-order valence-corrected chi connectivity index (χ1v) is 4.52. The van der Waals surface area contributed by atoms with E-state index in [-0.39, 0.29) is 0 Å². The van der Waals surface area contributed by atoms with Crippen LogP contribution in [0.1, 0.15) is 15.9 Å². The van der Waals surface area contributed by atoms with Gasteiger partial charge in [0.05, 0.1) is 6.61 Å². The van der Waals surface area contributed by atoms with Gasteiger partial charge in [0, 0.05) is 22.5 Å². The Hall–Kier alpha value is -0.800. The molecule has 0 radical (unpaired) electrons. The molecule has 1 aliphatic heterocycles. The predicted octanol–water partition coefficient (Wildman–Crippen LogP) is 2.08. The van der Waals surface area contributed by atoms with Gasteiger partial charge in [0.2, 0.25) is 0 Å². The maximum Gasteiger partial charge on any atom is 0.150 e. The van der Waals surface area contributed by atoms with Crippen molar-refractivity contribution in [2.24, 2.45) is 0 Å². The first kappa shape index (κ1) is 7.83. The topological polar surface area (TPSA) is 26.3 Å². The number of aldehydes is 1. The number of hydrogen-bond acceptors (Lipinski definition) is 3. The normalized spacial score (nSPS) is 15.3. The Labute approximate surface area is 75.1 Å². The third kappa shape index (κ3) is 1.38. The van der Waals surface area contributed by atoms with Crippen LogP contribution in [0.2, 0.25) is 0 Å². The van der Waals surface area contributed by atoms with Crippen molar-refractivity contribution >= 4 is 18.3 Å². The SMILES string of the molecule is O=Cc1ccc2c(c1)CCOS2. The van der Waals surface area contributed by atoms with Gasteiger partial charge in [-0.1, -0.05) is 6.07 Å². The number of carbonyl (C=O) groups excluding carboxylic acids is 1. The lowest BCUT2D eigenvalue weighted by atomic mass is 10.1. The Morgan fingerprint density at radius 2 is 2.42 bits per heavy atom. The molecule has 0 saturated carbocycles. The van der Waals surface area contributed by atoms with E-state index in [4.69, 9.17) is 4.18 Å². The Morgan fingerprint density at radius 3 is 3.25 bits per heavy atom. The van der Waals surface area contributed by atoms with Crippen LogP contribution in [0.4, 0.5) is 0 Å². The summed E-state index contributed by atoms with van der Waals surface area (Å²) in [6.45, 7) is 0.736. The number of rotatable bonds is 1. The molecule has 0 atom stereocenters. The van der Waals surface area contributed by atoms with Gasteiger partial charge in [0.15, 0.2) is 0 Å². The van der Waals surface area contributed by atoms with E-state index in [9.17, 15) is 4.79 Å². The van der Waals surface area contributed by atoms with Crippen LogP contribution in [0.15, 0.2) is 23.1 Å². The van der Waals surface area contributed by atoms with Gasteiger partial charge in [0.1, 0.15) is 6.29 Å². The smallest absolute Gasteiger partial charge is 0.150 e. The molecule has 12 heavy (non-hydrogen) atoms. The van der Waals surface area contributed by atoms with Crippen LogP contribution in [-0.4, -0.2) is 12.9 Å². The number of fused-ring (bicyclic) bond motifs is 1. The van der Waals surface area contributed by atoms with Gasteiger partial charge in [-0.3, -0.25) is 4.79 Å². The lowest BCUT2D eigenvalue weighted by Crippen LogP contribution is -2.02. The van der Waals surface area contributed by atoms with Gasteiger partial charge < -0.3 is 4.18 Å². The van der Waals surface area contributed by atoms with Crippen LogP contribution in [0, 0.1) is 0 Å². The van der Waals surface area contributed by atoms with Crippen LogP contribution in [0.25, 0.3) is 0 Å². The molecule has 3 heteroatoms. The maximum atomic E-state index is 10.5. The van der Waals surface area contributed by atoms with Crippen LogP contribution < -0.4 is 0 Å². The van der Waals surface area contributed by atoms with E-state index >= 15 is 0 Å². The first-order chi connectivity index (χ1) is 5.90. The highest BCUT2D eigenvalue weighted by Gasteiger charge is 2.10. The largest absolute Gasteiger partial charge is 0.310 e. The molecule has 1 aromatic carbocycles. The quantitative estimate of drug-likeness (QED) is 0.489. The fourth-order valence-corrected chi connectivity index (χ4v) is 1.89. The summed E-state index contributed by atoms with van der Waals surface area (Å²) >= 11 is 1.39. The summed E-state index contributed by atoms with van der Waals surface area (Å²) in [7, 11) is 0. The zero-order chi connectivity index (χ0) is 8.39. The molecule has 0 saturated heterocycles. The van der Waals surface area contributed by atoms with Crippen molar-refractivity contribution in [1.82, 2.24) is 0 Å². The van der Waals surface area contributed by atoms with Crippen LogP contribution in [0.3, 0.4) is 0 Å². The second kappa shape index (κ2) is 3.29. The van der Waals surface area contributed by atoms with Crippen molar-refractivity contribution in [2.45, 2.75) is 11.3 Å². The fraction of sp³-hybridized carbons (Fsp3) is 0.222. The molecular formula is C9H8O2S. The molecule has 2 rings (SSSR count). The Bertz CT molecular complexity index is 309. The molecule has 1 aliphatic rings. The molecule has 0 bridgehead atoms. The van der Waals surface area contributed by atoms with E-state index in [0.717, 1.165) is 29.8 Å². The molecular weight excluding hydrogens is 172 g/mol. The highest BCUT2D eigenvalue weighted by Crippen LogP contribution is 2.29. The summed E-state index contributed by atoms with van der Waals surface area (Å²) in [5, 5.41) is 0. The van der Waals surface area contributed by atoms with E-state index < -0.39 is 0 Å². The van der Waals surface area contributed by atoms with Crippen LogP contribution in [-0.2, 0) is 10.6 Å². The number of hydrogen-bond donors (Lipinski definition) is 0. The third-order valence-electron chi connectivity index (χ3n) is 1.82. The Balaban J connectivity index is 2.42. The van der Waals surface area contributed by atoms with Crippen molar-refractivity contribution in [3.8, 4) is 0 Å². The summed E-state index contributed by atoms with van der Waals surface area (Å²) in [5.41, 5.74) is 1.96. The van der Waals surface area contributed by atoms with Gasteiger partial charge in [-0.25, -0.2) is 0 Å². The zero-order valence-electron chi connectivity index (χ0n) is 6.45. The molecule has 1 heterocycles. The minimum atomic E-state index is 0.736. The standard InChI is InChI=1S/C9H8O2S/c10-6-7-1-2-9-8(5-7)3-4-11-12-9/h1-2,5-6H,3-4H2. The third-order valence-corrected chi connectivity index (χ3v) is 2.69. The van der Waals surface area contributed by atoms with Gasteiger partial charge >= 0.3 is 0 Å². The van der Waals surface area contributed by atoms with Gasteiger partial charge in [0.25, 0.3) is 0 Å². The maximum absolute atomic E-state index is 10.5. The molecule has 0 spiro atoms. The monoisotopic (exact) mass is 180 g/mol. The molecule has 0 fully saturated rings. The number of benzene rings is 1.